The summed E-state index contributed by atoms with van der Waals surface area (Å²) >= 11 is 0. The summed E-state index contributed by atoms with van der Waals surface area (Å²) in [6.45, 7) is 5.66. The Kier molecular flexibility index (Phi) is 10.1. The van der Waals surface area contributed by atoms with Gasteiger partial charge in [-0.15, -0.1) is 29.9 Å². The summed E-state index contributed by atoms with van der Waals surface area (Å²) in [6.07, 6.45) is 6.87. The minimum Gasteiger partial charge on any atom is -0.353 e. The third-order valence-corrected chi connectivity index (χ3v) is 4.96. The summed E-state index contributed by atoms with van der Waals surface area (Å²) in [7, 11) is 0. The summed E-state index contributed by atoms with van der Waals surface area (Å²) in [4.78, 5) is 16.8. The van der Waals surface area contributed by atoms with Gasteiger partial charge in [0.15, 0.2) is 5.82 Å². The number of anilines is 1. The summed E-state index contributed by atoms with van der Waals surface area (Å²) in [5.41, 5.74) is 0. The minimum atomic E-state index is 0. The Labute approximate surface area is 162 Å². The van der Waals surface area contributed by atoms with Crippen molar-refractivity contribution in [2.75, 3.05) is 44.2 Å². The molecule has 1 amide bonds. The molecule has 1 N–H and O–H groups in total. The molecule has 2 aliphatic rings. The van der Waals surface area contributed by atoms with Crippen LogP contribution in [0.4, 0.5) is 5.82 Å². The molecule has 3 rings (SSSR count). The minimum absolute atomic E-state index is 0. The van der Waals surface area contributed by atoms with Crippen LogP contribution in [0, 0.1) is 5.92 Å². The van der Waals surface area contributed by atoms with E-state index in [1.807, 2.05) is 17.0 Å². The van der Waals surface area contributed by atoms with Gasteiger partial charge in [0, 0.05) is 38.8 Å². The first-order valence-electron chi connectivity index (χ1n) is 8.84. The van der Waals surface area contributed by atoms with Crippen molar-refractivity contribution in [3.8, 4) is 0 Å². The van der Waals surface area contributed by atoms with Gasteiger partial charge in [-0.1, -0.05) is 0 Å². The van der Waals surface area contributed by atoms with Crippen LogP contribution in [0.2, 0.25) is 0 Å². The first kappa shape index (κ1) is 21.9. The van der Waals surface area contributed by atoms with E-state index in [1.165, 1.54) is 12.8 Å². The van der Waals surface area contributed by atoms with E-state index < -0.39 is 0 Å². The summed E-state index contributed by atoms with van der Waals surface area (Å²) in [5.74, 6) is 1.96. The van der Waals surface area contributed by atoms with E-state index in [1.54, 1.807) is 6.20 Å². The molecule has 142 valence electrons. The molecule has 0 unspecified atom stereocenters. The highest BCUT2D eigenvalue weighted by Gasteiger charge is 2.21. The maximum absolute atomic E-state index is 12.5. The maximum Gasteiger partial charge on any atom is 0.222 e. The molecule has 0 radical (unpaired) electrons. The van der Waals surface area contributed by atoms with E-state index in [0.717, 1.165) is 63.8 Å². The van der Waals surface area contributed by atoms with Crippen molar-refractivity contribution in [3.05, 3.63) is 18.3 Å². The topological polar surface area (TPSA) is 61.4 Å². The number of nitrogens with one attached hydrogen (secondary N) is 1. The molecule has 2 aliphatic heterocycles. The van der Waals surface area contributed by atoms with E-state index >= 15 is 0 Å². The molecule has 2 saturated heterocycles. The number of piperidine rings is 1. The van der Waals surface area contributed by atoms with Crippen molar-refractivity contribution < 1.29 is 4.79 Å². The fraction of sp³-hybridized carbons (Fsp3) is 0.706. The molecule has 0 aliphatic carbocycles. The zero-order chi connectivity index (χ0) is 15.9. The van der Waals surface area contributed by atoms with Crippen molar-refractivity contribution >= 4 is 36.5 Å². The molecule has 0 aromatic carbocycles. The Hall–Kier alpha value is -1.11. The van der Waals surface area contributed by atoms with Crippen molar-refractivity contribution in [2.45, 2.75) is 32.1 Å². The lowest BCUT2D eigenvalue weighted by Crippen LogP contribution is -2.36. The molecule has 3 heterocycles. The van der Waals surface area contributed by atoms with Crippen LogP contribution in [0.3, 0.4) is 0 Å². The van der Waals surface area contributed by atoms with Gasteiger partial charge in [0.05, 0.1) is 0 Å². The quantitative estimate of drug-likeness (QED) is 0.854. The second kappa shape index (κ2) is 11.5. The van der Waals surface area contributed by atoms with Crippen LogP contribution in [-0.2, 0) is 4.79 Å². The molecule has 2 fully saturated rings. The van der Waals surface area contributed by atoms with Crippen molar-refractivity contribution in [1.82, 2.24) is 20.4 Å². The number of amides is 1. The van der Waals surface area contributed by atoms with E-state index in [2.05, 4.69) is 20.4 Å². The summed E-state index contributed by atoms with van der Waals surface area (Å²) in [5, 5.41) is 11.5. The molecule has 0 atom stereocenters. The fourth-order valence-corrected chi connectivity index (χ4v) is 3.51. The molecule has 6 nitrogen and oxygen atoms in total. The Morgan fingerprint density at radius 3 is 2.68 bits per heavy atom. The van der Waals surface area contributed by atoms with Crippen LogP contribution < -0.4 is 10.2 Å². The molecule has 8 heteroatoms. The lowest BCUT2D eigenvalue weighted by atomic mass is 9.93. The molecular formula is C17H29Cl2N5O. The fourth-order valence-electron chi connectivity index (χ4n) is 3.51. The second-order valence-electron chi connectivity index (χ2n) is 6.54. The molecule has 0 spiro atoms. The monoisotopic (exact) mass is 389 g/mol. The van der Waals surface area contributed by atoms with Gasteiger partial charge in [0.2, 0.25) is 5.91 Å². The van der Waals surface area contributed by atoms with Crippen LogP contribution >= 0.6 is 24.8 Å². The smallest absolute Gasteiger partial charge is 0.222 e. The lowest BCUT2D eigenvalue weighted by molar-refractivity contribution is -0.131. The molecule has 0 saturated carbocycles. The maximum atomic E-state index is 12.5. The first-order valence-corrected chi connectivity index (χ1v) is 8.84. The van der Waals surface area contributed by atoms with Gasteiger partial charge < -0.3 is 15.1 Å². The molecule has 0 bridgehead atoms. The Bertz CT molecular complexity index is 499. The molecule has 1 aromatic rings. The standard InChI is InChI=1S/C17H27N5O.2ClH/c23-17(5-4-15-6-9-18-10-7-15)22-12-2-11-21(13-14-22)16-3-1-8-19-20-16;;/h1,3,8,15,18H,2,4-7,9-14H2;2*1H. The lowest BCUT2D eigenvalue weighted by Gasteiger charge is -2.25. The van der Waals surface area contributed by atoms with E-state index in [4.69, 9.17) is 0 Å². The number of carbonyl (C=O) groups excluding carboxylic acids is 1. The number of carbonyl (C=O) groups is 1. The first-order chi connectivity index (χ1) is 11.3. The number of halogens is 2. The largest absolute Gasteiger partial charge is 0.353 e. The SMILES string of the molecule is Cl.Cl.O=C(CCC1CCNCC1)N1CCCN(c2cccnn2)CC1. The van der Waals surface area contributed by atoms with Gasteiger partial charge in [0.1, 0.15) is 0 Å². The number of hydrogen-bond acceptors (Lipinski definition) is 5. The third-order valence-electron chi connectivity index (χ3n) is 4.96. The summed E-state index contributed by atoms with van der Waals surface area (Å²) in [6, 6.07) is 3.90. The molecule has 1 aromatic heterocycles. The predicted octanol–water partition coefficient (Wildman–Crippen LogP) is 2.14. The number of aromatic nitrogens is 2. The zero-order valence-corrected chi connectivity index (χ0v) is 16.2. The molecule has 25 heavy (non-hydrogen) atoms. The number of rotatable bonds is 4. The number of hydrogen-bond donors (Lipinski definition) is 1. The van der Waals surface area contributed by atoms with Gasteiger partial charge in [0.25, 0.3) is 0 Å². The van der Waals surface area contributed by atoms with Gasteiger partial charge in [-0.3, -0.25) is 4.79 Å². The van der Waals surface area contributed by atoms with Gasteiger partial charge >= 0.3 is 0 Å². The Balaban J connectivity index is 0.00000156. The highest BCUT2D eigenvalue weighted by Crippen LogP contribution is 2.19. The van der Waals surface area contributed by atoms with E-state index in [-0.39, 0.29) is 24.8 Å². The second-order valence-corrected chi connectivity index (χ2v) is 6.54. The zero-order valence-electron chi connectivity index (χ0n) is 14.6. The van der Waals surface area contributed by atoms with E-state index in [9.17, 15) is 4.79 Å². The number of nitrogens with zero attached hydrogens (tertiary/aromatic N) is 4. The van der Waals surface area contributed by atoms with Crippen molar-refractivity contribution in [3.63, 3.8) is 0 Å². The van der Waals surface area contributed by atoms with Gasteiger partial charge in [-0.05, 0) is 56.8 Å². The Morgan fingerprint density at radius 2 is 1.96 bits per heavy atom. The highest BCUT2D eigenvalue weighted by atomic mass is 35.5. The highest BCUT2D eigenvalue weighted by molar-refractivity contribution is 5.85. The van der Waals surface area contributed by atoms with Crippen LogP contribution in [0.5, 0.6) is 0 Å². The average molecular weight is 390 g/mol. The van der Waals surface area contributed by atoms with Gasteiger partial charge in [-0.2, -0.15) is 5.10 Å². The van der Waals surface area contributed by atoms with Crippen LogP contribution in [0.1, 0.15) is 32.1 Å². The van der Waals surface area contributed by atoms with Crippen molar-refractivity contribution in [2.24, 2.45) is 5.92 Å². The van der Waals surface area contributed by atoms with Crippen LogP contribution in [-0.4, -0.2) is 60.3 Å². The van der Waals surface area contributed by atoms with Crippen LogP contribution in [0.25, 0.3) is 0 Å². The van der Waals surface area contributed by atoms with Crippen molar-refractivity contribution in [1.29, 1.82) is 0 Å². The Morgan fingerprint density at radius 1 is 1.16 bits per heavy atom. The summed E-state index contributed by atoms with van der Waals surface area (Å²) < 4.78 is 0. The third kappa shape index (κ3) is 6.60. The predicted molar refractivity (Wildman–Crippen MR) is 105 cm³/mol. The van der Waals surface area contributed by atoms with Gasteiger partial charge in [-0.25, -0.2) is 0 Å². The average Bonchev–Trinajstić information content (AvgIpc) is 2.87. The molecular weight excluding hydrogens is 361 g/mol. The normalized spacial score (nSPS) is 18.7. The van der Waals surface area contributed by atoms with Crippen LogP contribution in [0.15, 0.2) is 18.3 Å². The van der Waals surface area contributed by atoms with E-state index in [0.29, 0.717) is 12.3 Å².